The number of ketones is 1. The number of pyridine rings is 1. The first-order chi connectivity index (χ1) is 15.8. The van der Waals surface area contributed by atoms with Crippen molar-refractivity contribution in [3.05, 3.63) is 105 Å². The Balaban J connectivity index is 2.00. The number of Topliss-reactive ketones (excluding diaryl/α,β-unsaturated/α-hetero) is 1. The number of carboxylic acids is 1. The molecular weight excluding hydrogens is 420 g/mol. The molecule has 7 heteroatoms. The van der Waals surface area contributed by atoms with Crippen LogP contribution in [-0.4, -0.2) is 45.3 Å². The molecule has 0 radical (unpaired) electrons. The SMILES string of the molecule is CC(=O)CN1CC(C(c2ccccc2)c2ccccc2)n2cc(C(=O)O)c(=O)c(C)c2C1=O. The summed E-state index contributed by atoms with van der Waals surface area (Å²) in [5.41, 5.74) is 1.07. The predicted octanol–water partition coefficient (Wildman–Crippen LogP) is 3.27. The lowest BCUT2D eigenvalue weighted by Crippen LogP contribution is -2.48. The number of carboxylic acid groups (broad SMARTS) is 1. The second-order valence-electron chi connectivity index (χ2n) is 8.31. The van der Waals surface area contributed by atoms with Gasteiger partial charge in [0.05, 0.1) is 12.6 Å². The minimum absolute atomic E-state index is 0.0676. The number of benzene rings is 2. The van der Waals surface area contributed by atoms with Crippen molar-refractivity contribution >= 4 is 17.7 Å². The van der Waals surface area contributed by atoms with Crippen LogP contribution >= 0.6 is 0 Å². The van der Waals surface area contributed by atoms with Gasteiger partial charge in [-0.15, -0.1) is 0 Å². The molecule has 1 aliphatic heterocycles. The topological polar surface area (TPSA) is 96.7 Å². The molecule has 0 bridgehead atoms. The first-order valence-corrected chi connectivity index (χ1v) is 10.7. The van der Waals surface area contributed by atoms with Crippen molar-refractivity contribution in [1.82, 2.24) is 9.47 Å². The van der Waals surface area contributed by atoms with E-state index in [1.54, 1.807) is 4.57 Å². The molecule has 0 aliphatic carbocycles. The van der Waals surface area contributed by atoms with Crippen LogP contribution in [0, 0.1) is 6.92 Å². The number of carbonyl (C=O) groups is 3. The van der Waals surface area contributed by atoms with Crippen LogP contribution in [0.15, 0.2) is 71.7 Å². The van der Waals surface area contributed by atoms with Crippen LogP contribution < -0.4 is 5.43 Å². The van der Waals surface area contributed by atoms with Gasteiger partial charge in [0.25, 0.3) is 5.91 Å². The standard InChI is InChI=1S/C26H24N2O5/c1-16(29)13-27-15-21(22(18-9-5-3-6-10-18)19-11-7-4-8-12-19)28-14-20(26(32)33)24(30)17(2)23(28)25(27)31/h3-12,14,21-22H,13,15H2,1-2H3,(H,32,33). The molecule has 1 amide bonds. The van der Waals surface area contributed by atoms with Gasteiger partial charge in [-0.25, -0.2) is 4.79 Å². The Morgan fingerprint density at radius 3 is 2.03 bits per heavy atom. The summed E-state index contributed by atoms with van der Waals surface area (Å²) in [6, 6.07) is 19.0. The van der Waals surface area contributed by atoms with E-state index in [9.17, 15) is 24.3 Å². The number of amides is 1. The number of fused-ring (bicyclic) bond motifs is 1. The lowest BCUT2D eigenvalue weighted by molar-refractivity contribution is -0.117. The second kappa shape index (κ2) is 8.86. The summed E-state index contributed by atoms with van der Waals surface area (Å²) < 4.78 is 1.63. The van der Waals surface area contributed by atoms with Crippen LogP contribution in [0.1, 0.15) is 56.4 Å². The van der Waals surface area contributed by atoms with Gasteiger partial charge in [0, 0.05) is 24.2 Å². The molecule has 2 heterocycles. The van der Waals surface area contributed by atoms with Crippen molar-refractivity contribution in [3.63, 3.8) is 0 Å². The molecule has 2 aromatic carbocycles. The van der Waals surface area contributed by atoms with Crippen LogP contribution in [0.5, 0.6) is 0 Å². The molecule has 0 saturated carbocycles. The fourth-order valence-electron chi connectivity index (χ4n) is 4.63. The van der Waals surface area contributed by atoms with E-state index in [4.69, 9.17) is 0 Å². The smallest absolute Gasteiger partial charge is 0.341 e. The van der Waals surface area contributed by atoms with Gasteiger partial charge >= 0.3 is 5.97 Å². The summed E-state index contributed by atoms with van der Waals surface area (Å²) in [4.78, 5) is 51.3. The number of aromatic nitrogens is 1. The second-order valence-corrected chi connectivity index (χ2v) is 8.31. The fraction of sp³-hybridized carbons (Fsp3) is 0.231. The molecule has 1 N–H and O–H groups in total. The third-order valence-corrected chi connectivity index (χ3v) is 6.07. The third kappa shape index (κ3) is 4.09. The minimum atomic E-state index is -1.34. The Bertz CT molecular complexity index is 1240. The van der Waals surface area contributed by atoms with Crippen LogP contribution in [0.2, 0.25) is 0 Å². The molecule has 0 spiro atoms. The summed E-state index contributed by atoms with van der Waals surface area (Å²) >= 11 is 0. The van der Waals surface area contributed by atoms with E-state index in [-0.39, 0.29) is 41.6 Å². The van der Waals surface area contributed by atoms with Gasteiger partial charge in [-0.2, -0.15) is 0 Å². The summed E-state index contributed by atoms with van der Waals surface area (Å²) in [6.07, 6.45) is 1.28. The van der Waals surface area contributed by atoms with E-state index in [0.717, 1.165) is 11.1 Å². The summed E-state index contributed by atoms with van der Waals surface area (Å²) in [5, 5.41) is 9.63. The molecule has 4 rings (SSSR count). The average Bonchev–Trinajstić information content (AvgIpc) is 2.79. The van der Waals surface area contributed by atoms with Gasteiger partial charge in [0.2, 0.25) is 0 Å². The first kappa shape index (κ1) is 22.2. The Labute approximate surface area is 190 Å². The Kier molecular flexibility index (Phi) is 5.96. The molecule has 0 fully saturated rings. The van der Waals surface area contributed by atoms with Gasteiger partial charge in [-0.05, 0) is 25.0 Å². The normalized spacial score (nSPS) is 15.4. The third-order valence-electron chi connectivity index (χ3n) is 6.07. The highest BCUT2D eigenvalue weighted by molar-refractivity contribution is 5.98. The Morgan fingerprint density at radius 2 is 1.55 bits per heavy atom. The zero-order chi connectivity index (χ0) is 23.7. The fourth-order valence-corrected chi connectivity index (χ4v) is 4.63. The van der Waals surface area contributed by atoms with Gasteiger partial charge in [0.15, 0.2) is 5.43 Å². The molecule has 7 nitrogen and oxygen atoms in total. The van der Waals surface area contributed by atoms with Gasteiger partial charge in [0.1, 0.15) is 17.0 Å². The van der Waals surface area contributed by atoms with E-state index in [1.165, 1.54) is 24.9 Å². The van der Waals surface area contributed by atoms with E-state index in [1.807, 2.05) is 60.7 Å². The highest BCUT2D eigenvalue weighted by Gasteiger charge is 2.39. The highest BCUT2D eigenvalue weighted by atomic mass is 16.4. The van der Waals surface area contributed by atoms with Crippen LogP contribution in [-0.2, 0) is 4.79 Å². The van der Waals surface area contributed by atoms with Gasteiger partial charge < -0.3 is 14.6 Å². The molecular formula is C26H24N2O5. The van der Waals surface area contributed by atoms with Crippen LogP contribution in [0.4, 0.5) is 0 Å². The van der Waals surface area contributed by atoms with E-state index >= 15 is 0 Å². The highest BCUT2D eigenvalue weighted by Crippen LogP contribution is 2.39. The summed E-state index contributed by atoms with van der Waals surface area (Å²) in [7, 11) is 0. The largest absolute Gasteiger partial charge is 0.477 e. The van der Waals surface area contributed by atoms with Crippen LogP contribution in [0.3, 0.4) is 0 Å². The van der Waals surface area contributed by atoms with Crippen molar-refractivity contribution < 1.29 is 19.5 Å². The number of carbonyl (C=O) groups excluding carboxylic acids is 2. The number of rotatable bonds is 6. The van der Waals surface area contributed by atoms with E-state index in [0.29, 0.717) is 0 Å². The van der Waals surface area contributed by atoms with Crippen molar-refractivity contribution in [3.8, 4) is 0 Å². The zero-order valence-electron chi connectivity index (χ0n) is 18.4. The molecule has 0 saturated heterocycles. The summed E-state index contributed by atoms with van der Waals surface area (Å²) in [5.74, 6) is -2.22. The molecule has 1 aromatic heterocycles. The maximum Gasteiger partial charge on any atom is 0.341 e. The average molecular weight is 444 g/mol. The van der Waals surface area contributed by atoms with E-state index < -0.39 is 23.3 Å². The minimum Gasteiger partial charge on any atom is -0.477 e. The summed E-state index contributed by atoms with van der Waals surface area (Å²) in [6.45, 7) is 2.99. The molecule has 33 heavy (non-hydrogen) atoms. The zero-order valence-corrected chi connectivity index (χ0v) is 18.4. The quantitative estimate of drug-likeness (QED) is 0.629. The molecule has 1 aliphatic rings. The van der Waals surface area contributed by atoms with Gasteiger partial charge in [-0.3, -0.25) is 14.4 Å². The number of hydrogen-bond acceptors (Lipinski definition) is 4. The maximum atomic E-state index is 13.3. The Morgan fingerprint density at radius 1 is 1.00 bits per heavy atom. The number of aromatic carboxylic acids is 1. The Hall–Kier alpha value is -4.00. The van der Waals surface area contributed by atoms with Crippen molar-refractivity contribution in [2.24, 2.45) is 0 Å². The molecule has 168 valence electrons. The lowest BCUT2D eigenvalue weighted by atomic mass is 9.83. The van der Waals surface area contributed by atoms with E-state index in [2.05, 4.69) is 0 Å². The molecule has 1 atom stereocenters. The van der Waals surface area contributed by atoms with Gasteiger partial charge in [-0.1, -0.05) is 60.7 Å². The van der Waals surface area contributed by atoms with Crippen molar-refractivity contribution in [2.45, 2.75) is 25.8 Å². The lowest BCUT2D eigenvalue weighted by Gasteiger charge is -2.40. The van der Waals surface area contributed by atoms with Crippen molar-refractivity contribution in [1.29, 1.82) is 0 Å². The predicted molar refractivity (Wildman–Crippen MR) is 123 cm³/mol. The maximum absolute atomic E-state index is 13.3. The monoisotopic (exact) mass is 444 g/mol. The number of hydrogen-bond donors (Lipinski definition) is 1. The molecule has 3 aromatic rings. The number of nitrogens with zero attached hydrogens (tertiary/aromatic N) is 2. The first-order valence-electron chi connectivity index (χ1n) is 10.7. The van der Waals surface area contributed by atoms with Crippen LogP contribution in [0.25, 0.3) is 0 Å². The van der Waals surface area contributed by atoms with Crippen molar-refractivity contribution in [2.75, 3.05) is 13.1 Å². The molecule has 1 unspecified atom stereocenters.